The predicted molar refractivity (Wildman–Crippen MR) is 51.1 cm³/mol. The van der Waals surface area contributed by atoms with Crippen LogP contribution in [0.2, 0.25) is 0 Å². The second-order valence-electron chi connectivity index (χ2n) is 3.21. The summed E-state index contributed by atoms with van der Waals surface area (Å²) in [6.45, 7) is 4.40. The van der Waals surface area contributed by atoms with Gasteiger partial charge in [-0.15, -0.1) is 0 Å². The van der Waals surface area contributed by atoms with Crippen molar-refractivity contribution < 1.29 is 0 Å². The Morgan fingerprint density at radius 1 is 1.42 bits per heavy atom. The van der Waals surface area contributed by atoms with Crippen LogP contribution in [0.25, 0.3) is 0 Å². The highest BCUT2D eigenvalue weighted by atomic mass is 79.9. The average Bonchev–Trinajstić information content (AvgIpc) is 2.01. The molecule has 4 heteroatoms. The third-order valence-corrected chi connectivity index (χ3v) is 2.36. The standard InChI is InChI=1S/C8H10BrN3/c1-6-4-12(5-6)8-10-2-7(9)3-11-8/h2-3,6H,4-5H2,1H3. The van der Waals surface area contributed by atoms with Crippen molar-refractivity contribution in [2.45, 2.75) is 6.92 Å². The molecule has 0 aromatic carbocycles. The zero-order valence-electron chi connectivity index (χ0n) is 6.87. The van der Waals surface area contributed by atoms with Crippen molar-refractivity contribution in [3.05, 3.63) is 16.9 Å². The number of hydrogen-bond donors (Lipinski definition) is 0. The van der Waals surface area contributed by atoms with Crippen LogP contribution in [0.4, 0.5) is 5.95 Å². The summed E-state index contributed by atoms with van der Waals surface area (Å²) >= 11 is 3.30. The summed E-state index contributed by atoms with van der Waals surface area (Å²) in [5, 5.41) is 0. The highest BCUT2D eigenvalue weighted by molar-refractivity contribution is 9.10. The molecule has 1 fully saturated rings. The van der Waals surface area contributed by atoms with E-state index in [1.807, 2.05) is 0 Å². The van der Waals surface area contributed by atoms with Gasteiger partial charge in [-0.2, -0.15) is 0 Å². The van der Waals surface area contributed by atoms with E-state index in [1.54, 1.807) is 12.4 Å². The first kappa shape index (κ1) is 7.98. The molecule has 2 rings (SSSR count). The molecule has 0 bridgehead atoms. The molecule has 2 heterocycles. The van der Waals surface area contributed by atoms with Crippen LogP contribution in [0, 0.1) is 5.92 Å². The van der Waals surface area contributed by atoms with Crippen LogP contribution in [-0.2, 0) is 0 Å². The van der Waals surface area contributed by atoms with Crippen molar-refractivity contribution in [2.24, 2.45) is 5.92 Å². The number of halogens is 1. The fraction of sp³-hybridized carbons (Fsp3) is 0.500. The van der Waals surface area contributed by atoms with Gasteiger partial charge in [0, 0.05) is 25.5 Å². The zero-order chi connectivity index (χ0) is 8.55. The van der Waals surface area contributed by atoms with E-state index in [0.29, 0.717) is 0 Å². The molecule has 0 radical (unpaired) electrons. The van der Waals surface area contributed by atoms with E-state index in [9.17, 15) is 0 Å². The number of anilines is 1. The molecule has 0 amide bonds. The summed E-state index contributed by atoms with van der Waals surface area (Å²) in [5.74, 6) is 1.63. The lowest BCUT2D eigenvalue weighted by Gasteiger charge is -2.36. The van der Waals surface area contributed by atoms with Crippen molar-refractivity contribution in [3.8, 4) is 0 Å². The van der Waals surface area contributed by atoms with E-state index < -0.39 is 0 Å². The minimum atomic E-state index is 0.789. The monoisotopic (exact) mass is 227 g/mol. The lowest BCUT2D eigenvalue weighted by atomic mass is 10.0. The Morgan fingerprint density at radius 3 is 2.50 bits per heavy atom. The SMILES string of the molecule is CC1CN(c2ncc(Br)cn2)C1. The minimum Gasteiger partial charge on any atom is -0.340 e. The highest BCUT2D eigenvalue weighted by Gasteiger charge is 2.24. The molecule has 1 aliphatic heterocycles. The van der Waals surface area contributed by atoms with Crippen LogP contribution < -0.4 is 4.90 Å². The van der Waals surface area contributed by atoms with Crippen molar-refractivity contribution in [3.63, 3.8) is 0 Å². The van der Waals surface area contributed by atoms with Gasteiger partial charge in [-0.25, -0.2) is 9.97 Å². The van der Waals surface area contributed by atoms with Crippen molar-refractivity contribution in [1.82, 2.24) is 9.97 Å². The van der Waals surface area contributed by atoms with Crippen LogP contribution in [-0.4, -0.2) is 23.1 Å². The molecule has 1 saturated heterocycles. The molecule has 0 atom stereocenters. The summed E-state index contributed by atoms with van der Waals surface area (Å²) in [4.78, 5) is 10.6. The first-order valence-corrected chi connectivity index (χ1v) is 4.77. The zero-order valence-corrected chi connectivity index (χ0v) is 8.45. The molecule has 0 unspecified atom stereocenters. The Hall–Kier alpha value is -0.640. The minimum absolute atomic E-state index is 0.789. The van der Waals surface area contributed by atoms with E-state index in [0.717, 1.165) is 29.4 Å². The summed E-state index contributed by atoms with van der Waals surface area (Å²) in [7, 11) is 0. The first-order chi connectivity index (χ1) is 5.75. The van der Waals surface area contributed by atoms with Crippen LogP contribution in [0.5, 0.6) is 0 Å². The lowest BCUT2D eigenvalue weighted by Crippen LogP contribution is -2.46. The second-order valence-corrected chi connectivity index (χ2v) is 4.13. The smallest absolute Gasteiger partial charge is 0.225 e. The van der Waals surface area contributed by atoms with Gasteiger partial charge in [0.15, 0.2) is 0 Å². The topological polar surface area (TPSA) is 29.0 Å². The predicted octanol–water partition coefficient (Wildman–Crippen LogP) is 1.70. The first-order valence-electron chi connectivity index (χ1n) is 3.98. The molecule has 0 N–H and O–H groups in total. The average molecular weight is 228 g/mol. The Kier molecular flexibility index (Phi) is 2.00. The van der Waals surface area contributed by atoms with Crippen molar-refractivity contribution in [2.75, 3.05) is 18.0 Å². The number of hydrogen-bond acceptors (Lipinski definition) is 3. The van der Waals surface area contributed by atoms with Crippen molar-refractivity contribution in [1.29, 1.82) is 0 Å². The van der Waals surface area contributed by atoms with Gasteiger partial charge in [0.25, 0.3) is 0 Å². The Labute approximate surface area is 80.0 Å². The summed E-state index contributed by atoms with van der Waals surface area (Å²) in [5.41, 5.74) is 0. The van der Waals surface area contributed by atoms with E-state index >= 15 is 0 Å². The third kappa shape index (κ3) is 1.43. The van der Waals surface area contributed by atoms with Gasteiger partial charge >= 0.3 is 0 Å². The lowest BCUT2D eigenvalue weighted by molar-refractivity contribution is 0.439. The van der Waals surface area contributed by atoms with Gasteiger partial charge in [-0.05, 0) is 21.8 Å². The number of nitrogens with zero attached hydrogens (tertiary/aromatic N) is 3. The number of rotatable bonds is 1. The summed E-state index contributed by atoms with van der Waals surface area (Å²) in [6, 6.07) is 0. The molecule has 1 aliphatic rings. The molecule has 0 saturated carbocycles. The molecule has 0 spiro atoms. The Morgan fingerprint density at radius 2 is 2.00 bits per heavy atom. The van der Waals surface area contributed by atoms with Crippen LogP contribution >= 0.6 is 15.9 Å². The van der Waals surface area contributed by atoms with Crippen LogP contribution in [0.15, 0.2) is 16.9 Å². The third-order valence-electron chi connectivity index (χ3n) is 1.95. The maximum Gasteiger partial charge on any atom is 0.225 e. The van der Waals surface area contributed by atoms with Gasteiger partial charge < -0.3 is 4.90 Å². The molecule has 12 heavy (non-hydrogen) atoms. The van der Waals surface area contributed by atoms with E-state index in [2.05, 4.69) is 37.7 Å². The van der Waals surface area contributed by atoms with Gasteiger partial charge in [0.2, 0.25) is 5.95 Å². The molecule has 0 aliphatic carbocycles. The van der Waals surface area contributed by atoms with Crippen LogP contribution in [0.1, 0.15) is 6.92 Å². The van der Waals surface area contributed by atoms with E-state index in [1.165, 1.54) is 0 Å². The molecule has 1 aromatic rings. The molecule has 64 valence electrons. The molecule has 3 nitrogen and oxygen atoms in total. The fourth-order valence-electron chi connectivity index (χ4n) is 1.33. The van der Waals surface area contributed by atoms with Gasteiger partial charge in [0.1, 0.15) is 0 Å². The normalized spacial score (nSPS) is 17.7. The summed E-state index contributed by atoms with van der Waals surface area (Å²) < 4.78 is 0.930. The maximum absolute atomic E-state index is 4.20. The van der Waals surface area contributed by atoms with Gasteiger partial charge in [0.05, 0.1) is 4.47 Å². The van der Waals surface area contributed by atoms with E-state index in [-0.39, 0.29) is 0 Å². The van der Waals surface area contributed by atoms with Gasteiger partial charge in [-0.3, -0.25) is 0 Å². The van der Waals surface area contributed by atoms with Crippen LogP contribution in [0.3, 0.4) is 0 Å². The number of aromatic nitrogens is 2. The maximum atomic E-state index is 4.20. The van der Waals surface area contributed by atoms with Crippen molar-refractivity contribution >= 4 is 21.9 Å². The Bertz CT molecular complexity index is 266. The largest absolute Gasteiger partial charge is 0.340 e. The second kappa shape index (κ2) is 3.01. The van der Waals surface area contributed by atoms with Gasteiger partial charge in [-0.1, -0.05) is 6.92 Å². The molecule has 1 aromatic heterocycles. The molecular weight excluding hydrogens is 218 g/mol. The highest BCUT2D eigenvalue weighted by Crippen LogP contribution is 2.20. The van der Waals surface area contributed by atoms with E-state index in [4.69, 9.17) is 0 Å². The Balaban J connectivity index is 2.09. The quantitative estimate of drug-likeness (QED) is 0.732. The molecular formula is C8H10BrN3. The summed E-state index contributed by atoms with van der Waals surface area (Å²) in [6.07, 6.45) is 3.57. The fourth-order valence-corrected chi connectivity index (χ4v) is 1.54.